The fourth-order valence-electron chi connectivity index (χ4n) is 0.948. The Hall–Kier alpha value is -1.49. The van der Waals surface area contributed by atoms with Gasteiger partial charge in [-0.05, 0) is 19.1 Å². The Balaban J connectivity index is 2.47. The zero-order chi connectivity index (χ0) is 9.26. The molecule has 4 nitrogen and oxygen atoms in total. The standard InChI is InChI=1S/C8H7N3OS/c1-5-2-3-6(4-9-5)7-10-11-8(12)13-7/h2-4H,1H3,(H,11,12). The van der Waals surface area contributed by atoms with Crippen LogP contribution in [0.1, 0.15) is 5.69 Å². The molecule has 66 valence electrons. The zero-order valence-electron chi connectivity index (χ0n) is 6.94. The maximum Gasteiger partial charge on any atom is 0.322 e. The Bertz CT molecular complexity index is 457. The van der Waals surface area contributed by atoms with E-state index in [-0.39, 0.29) is 4.87 Å². The topological polar surface area (TPSA) is 58.6 Å². The Morgan fingerprint density at radius 1 is 1.46 bits per heavy atom. The lowest BCUT2D eigenvalue weighted by Gasteiger charge is -1.93. The third-order valence-corrected chi connectivity index (χ3v) is 2.39. The van der Waals surface area contributed by atoms with E-state index in [1.54, 1.807) is 6.20 Å². The Labute approximate surface area is 78.3 Å². The van der Waals surface area contributed by atoms with Crippen molar-refractivity contribution in [1.82, 2.24) is 15.2 Å². The van der Waals surface area contributed by atoms with Crippen molar-refractivity contribution in [3.05, 3.63) is 33.7 Å². The second-order valence-corrected chi connectivity index (χ2v) is 3.57. The van der Waals surface area contributed by atoms with Crippen molar-refractivity contribution in [2.24, 2.45) is 0 Å². The SMILES string of the molecule is Cc1ccc(-c2n[nH]c(=O)s2)cn1. The molecule has 2 rings (SSSR count). The first-order valence-corrected chi connectivity index (χ1v) is 4.56. The van der Waals surface area contributed by atoms with Gasteiger partial charge in [0.25, 0.3) is 0 Å². The van der Waals surface area contributed by atoms with Crippen molar-refractivity contribution in [1.29, 1.82) is 0 Å². The lowest BCUT2D eigenvalue weighted by Crippen LogP contribution is -1.90. The molecule has 0 aromatic carbocycles. The van der Waals surface area contributed by atoms with E-state index in [1.165, 1.54) is 0 Å². The second-order valence-electron chi connectivity index (χ2n) is 2.61. The lowest BCUT2D eigenvalue weighted by atomic mass is 10.3. The molecule has 0 unspecified atom stereocenters. The number of H-pyrrole nitrogens is 1. The molecule has 0 aliphatic heterocycles. The summed E-state index contributed by atoms with van der Waals surface area (Å²) in [5.74, 6) is 0. The number of aromatic nitrogens is 3. The molecule has 13 heavy (non-hydrogen) atoms. The molecule has 0 fully saturated rings. The van der Waals surface area contributed by atoms with Gasteiger partial charge in [-0.2, -0.15) is 5.10 Å². The average Bonchev–Trinajstić information content (AvgIpc) is 2.53. The summed E-state index contributed by atoms with van der Waals surface area (Å²) in [5.41, 5.74) is 1.82. The van der Waals surface area contributed by atoms with E-state index in [9.17, 15) is 4.79 Å². The van der Waals surface area contributed by atoms with Gasteiger partial charge in [0.05, 0.1) is 0 Å². The number of aryl methyl sites for hydroxylation is 1. The lowest BCUT2D eigenvalue weighted by molar-refractivity contribution is 1.06. The first kappa shape index (κ1) is 8.12. The first-order valence-electron chi connectivity index (χ1n) is 3.74. The van der Waals surface area contributed by atoms with Crippen molar-refractivity contribution < 1.29 is 0 Å². The summed E-state index contributed by atoms with van der Waals surface area (Å²) in [5, 5.41) is 6.90. The van der Waals surface area contributed by atoms with Gasteiger partial charge in [0.2, 0.25) is 0 Å². The van der Waals surface area contributed by atoms with Crippen LogP contribution < -0.4 is 4.87 Å². The van der Waals surface area contributed by atoms with Crippen LogP contribution >= 0.6 is 11.3 Å². The third kappa shape index (κ3) is 1.65. The Morgan fingerprint density at radius 3 is 2.85 bits per heavy atom. The maximum atomic E-state index is 10.8. The summed E-state index contributed by atoms with van der Waals surface area (Å²) in [6.07, 6.45) is 1.71. The first-order chi connectivity index (χ1) is 6.25. The van der Waals surface area contributed by atoms with Crippen molar-refractivity contribution in [2.45, 2.75) is 6.92 Å². The van der Waals surface area contributed by atoms with Crippen molar-refractivity contribution in [3.63, 3.8) is 0 Å². The van der Waals surface area contributed by atoms with Crippen LogP contribution in [0.4, 0.5) is 0 Å². The molecule has 1 N–H and O–H groups in total. The Kier molecular flexibility index (Phi) is 1.94. The molecule has 0 atom stereocenters. The molecular formula is C8H7N3OS. The molecule has 0 amide bonds. The second kappa shape index (κ2) is 3.10. The Morgan fingerprint density at radius 2 is 2.31 bits per heavy atom. The summed E-state index contributed by atoms with van der Waals surface area (Å²) in [4.78, 5) is 14.8. The molecule has 5 heteroatoms. The zero-order valence-corrected chi connectivity index (χ0v) is 7.76. The van der Waals surface area contributed by atoms with E-state index in [0.717, 1.165) is 22.6 Å². The van der Waals surface area contributed by atoms with Gasteiger partial charge in [-0.3, -0.25) is 9.78 Å². The van der Waals surface area contributed by atoms with E-state index >= 15 is 0 Å². The van der Waals surface area contributed by atoms with Gasteiger partial charge in [-0.1, -0.05) is 11.3 Å². The average molecular weight is 193 g/mol. The molecule has 0 radical (unpaired) electrons. The van der Waals surface area contributed by atoms with Gasteiger partial charge in [0, 0.05) is 17.5 Å². The summed E-state index contributed by atoms with van der Waals surface area (Å²) in [6, 6.07) is 3.79. The van der Waals surface area contributed by atoms with Crippen LogP contribution in [0.5, 0.6) is 0 Å². The predicted octanol–water partition coefficient (Wildman–Crippen LogP) is 1.20. The number of aromatic amines is 1. The normalized spacial score (nSPS) is 10.2. The monoisotopic (exact) mass is 193 g/mol. The van der Waals surface area contributed by atoms with Crippen LogP contribution in [0.15, 0.2) is 23.1 Å². The molecule has 2 aromatic rings. The third-order valence-electron chi connectivity index (χ3n) is 1.60. The van der Waals surface area contributed by atoms with Crippen molar-refractivity contribution >= 4 is 11.3 Å². The van der Waals surface area contributed by atoms with Crippen molar-refractivity contribution in [2.75, 3.05) is 0 Å². The highest BCUT2D eigenvalue weighted by Gasteiger charge is 2.02. The minimum absolute atomic E-state index is 0.143. The van der Waals surface area contributed by atoms with E-state index in [1.807, 2.05) is 19.1 Å². The smallest absolute Gasteiger partial charge is 0.261 e. The van der Waals surface area contributed by atoms with Crippen LogP contribution in [0.25, 0.3) is 10.6 Å². The van der Waals surface area contributed by atoms with E-state index in [2.05, 4.69) is 15.2 Å². The molecule has 0 aliphatic carbocycles. The molecule has 0 spiro atoms. The van der Waals surface area contributed by atoms with Gasteiger partial charge in [-0.25, -0.2) is 5.10 Å². The van der Waals surface area contributed by atoms with E-state index in [4.69, 9.17) is 0 Å². The maximum absolute atomic E-state index is 10.8. The van der Waals surface area contributed by atoms with Gasteiger partial charge >= 0.3 is 4.87 Å². The van der Waals surface area contributed by atoms with Crippen LogP contribution in [0.3, 0.4) is 0 Å². The summed E-state index contributed by atoms with van der Waals surface area (Å²) >= 11 is 1.08. The molecule has 0 saturated heterocycles. The van der Waals surface area contributed by atoms with Crippen LogP contribution in [0, 0.1) is 6.92 Å². The molecule has 0 aliphatic rings. The number of hydrogen-bond acceptors (Lipinski definition) is 4. The fourth-order valence-corrected chi connectivity index (χ4v) is 1.54. The van der Waals surface area contributed by atoms with E-state index in [0.29, 0.717) is 5.01 Å². The summed E-state index contributed by atoms with van der Waals surface area (Å²) < 4.78 is 0. The van der Waals surface area contributed by atoms with Crippen LogP contribution in [-0.4, -0.2) is 15.2 Å². The predicted molar refractivity (Wildman–Crippen MR) is 50.7 cm³/mol. The number of pyridine rings is 1. The number of nitrogens with zero attached hydrogens (tertiary/aromatic N) is 2. The minimum atomic E-state index is -0.143. The fraction of sp³-hybridized carbons (Fsp3) is 0.125. The molecule has 0 bridgehead atoms. The largest absolute Gasteiger partial charge is 0.322 e. The molecular weight excluding hydrogens is 186 g/mol. The van der Waals surface area contributed by atoms with Crippen molar-refractivity contribution in [3.8, 4) is 10.6 Å². The van der Waals surface area contributed by atoms with Gasteiger partial charge in [0.1, 0.15) is 5.01 Å². The van der Waals surface area contributed by atoms with Crippen LogP contribution in [-0.2, 0) is 0 Å². The van der Waals surface area contributed by atoms with Gasteiger partial charge in [0.15, 0.2) is 0 Å². The molecule has 0 saturated carbocycles. The highest BCUT2D eigenvalue weighted by Crippen LogP contribution is 2.16. The number of nitrogens with one attached hydrogen (secondary N) is 1. The quantitative estimate of drug-likeness (QED) is 0.740. The highest BCUT2D eigenvalue weighted by atomic mass is 32.1. The van der Waals surface area contributed by atoms with E-state index < -0.39 is 0 Å². The van der Waals surface area contributed by atoms with Gasteiger partial charge in [-0.15, -0.1) is 0 Å². The molecule has 2 heterocycles. The van der Waals surface area contributed by atoms with Gasteiger partial charge < -0.3 is 0 Å². The number of rotatable bonds is 1. The summed E-state index contributed by atoms with van der Waals surface area (Å²) in [6.45, 7) is 1.91. The number of hydrogen-bond donors (Lipinski definition) is 1. The summed E-state index contributed by atoms with van der Waals surface area (Å²) in [7, 11) is 0. The van der Waals surface area contributed by atoms with Crippen LogP contribution in [0.2, 0.25) is 0 Å². The molecule has 2 aromatic heterocycles. The minimum Gasteiger partial charge on any atom is -0.261 e. The highest BCUT2D eigenvalue weighted by molar-refractivity contribution is 7.12.